The molecule has 1 aromatic heterocycles. The van der Waals surface area contributed by atoms with Gasteiger partial charge in [-0.3, -0.25) is 0 Å². The van der Waals surface area contributed by atoms with Crippen LogP contribution in [0.1, 0.15) is 29.2 Å². The van der Waals surface area contributed by atoms with Crippen LogP contribution in [0, 0.1) is 0 Å². The maximum Gasteiger partial charge on any atom is 0.194 e. The molecule has 1 aliphatic heterocycles. The zero-order valence-corrected chi connectivity index (χ0v) is 17.1. The fourth-order valence-corrected chi connectivity index (χ4v) is 3.42. The van der Waals surface area contributed by atoms with Crippen molar-refractivity contribution < 1.29 is 4.74 Å². The molecule has 0 amide bonds. The third kappa shape index (κ3) is 4.67. The molecule has 0 radical (unpaired) electrons. The molecule has 2 heterocycles. The first-order valence-corrected chi connectivity index (χ1v) is 8.71. The molecule has 2 aromatic rings. The predicted octanol–water partition coefficient (Wildman–Crippen LogP) is 3.43. The monoisotopic (exact) mass is 458 g/mol. The van der Waals surface area contributed by atoms with Crippen LogP contribution < -0.4 is 5.32 Å². The number of likely N-dealkylation sites (N-methyl/N-ethyl adjacent to an activating group) is 1. The second-order valence-electron chi connectivity index (χ2n) is 5.45. The van der Waals surface area contributed by atoms with Gasteiger partial charge in [-0.1, -0.05) is 30.3 Å². The van der Waals surface area contributed by atoms with Crippen LogP contribution in [0.25, 0.3) is 0 Å². The standard InChI is InChI=1S/C17H22N4OS.HI/c1-3-21-10-15(13-7-5-4-6-8-13)20-17(21)18-9-14-12-23-16(19-14)11-22-2;/h4-8,12,15H,3,9-11H2,1-2H3,(H,18,20);1H. The number of aromatic nitrogens is 1. The zero-order valence-electron chi connectivity index (χ0n) is 13.9. The minimum Gasteiger partial charge on any atom is -0.378 e. The first-order chi connectivity index (χ1) is 11.3. The third-order valence-corrected chi connectivity index (χ3v) is 4.72. The van der Waals surface area contributed by atoms with Crippen molar-refractivity contribution in [3.8, 4) is 0 Å². The number of benzene rings is 1. The van der Waals surface area contributed by atoms with Crippen molar-refractivity contribution in [1.29, 1.82) is 0 Å². The molecule has 1 saturated heterocycles. The topological polar surface area (TPSA) is 49.8 Å². The Hall–Kier alpha value is -1.19. The summed E-state index contributed by atoms with van der Waals surface area (Å²) in [5.41, 5.74) is 2.29. The van der Waals surface area contributed by atoms with E-state index < -0.39 is 0 Å². The number of nitrogens with zero attached hydrogens (tertiary/aromatic N) is 3. The first kappa shape index (κ1) is 19.1. The molecule has 1 fully saturated rings. The van der Waals surface area contributed by atoms with Gasteiger partial charge in [0.2, 0.25) is 0 Å². The van der Waals surface area contributed by atoms with Gasteiger partial charge < -0.3 is 15.0 Å². The Balaban J connectivity index is 0.00000208. The number of halogens is 1. The third-order valence-electron chi connectivity index (χ3n) is 3.85. The molecule has 24 heavy (non-hydrogen) atoms. The van der Waals surface area contributed by atoms with E-state index in [0.29, 0.717) is 19.2 Å². The predicted molar refractivity (Wildman–Crippen MR) is 109 cm³/mol. The van der Waals surface area contributed by atoms with Crippen LogP contribution in [0.3, 0.4) is 0 Å². The van der Waals surface area contributed by atoms with E-state index in [0.717, 1.165) is 29.8 Å². The number of thiazole rings is 1. The van der Waals surface area contributed by atoms with Gasteiger partial charge in [-0.25, -0.2) is 9.98 Å². The van der Waals surface area contributed by atoms with E-state index in [1.807, 2.05) is 6.07 Å². The van der Waals surface area contributed by atoms with E-state index >= 15 is 0 Å². The first-order valence-electron chi connectivity index (χ1n) is 7.83. The lowest BCUT2D eigenvalue weighted by Crippen LogP contribution is -2.30. The fraction of sp³-hybridized carbons (Fsp3) is 0.412. The molecule has 1 aliphatic rings. The minimum atomic E-state index is 0. The second kappa shape index (κ2) is 9.33. The molecule has 0 aliphatic carbocycles. The molecule has 0 bridgehead atoms. The highest BCUT2D eigenvalue weighted by Crippen LogP contribution is 2.20. The Kier molecular flexibility index (Phi) is 7.44. The lowest BCUT2D eigenvalue weighted by Gasteiger charge is -2.14. The fourth-order valence-electron chi connectivity index (χ4n) is 2.67. The molecular weight excluding hydrogens is 435 g/mol. The molecule has 5 nitrogen and oxygen atoms in total. The van der Waals surface area contributed by atoms with Crippen molar-refractivity contribution in [2.24, 2.45) is 4.99 Å². The van der Waals surface area contributed by atoms with Gasteiger partial charge in [0, 0.05) is 25.6 Å². The number of methoxy groups -OCH3 is 1. The summed E-state index contributed by atoms with van der Waals surface area (Å²) < 4.78 is 5.11. The van der Waals surface area contributed by atoms with Gasteiger partial charge in [-0.05, 0) is 12.5 Å². The van der Waals surface area contributed by atoms with Crippen LogP contribution in [0.2, 0.25) is 0 Å². The summed E-state index contributed by atoms with van der Waals surface area (Å²) in [6.07, 6.45) is 0. The average Bonchev–Trinajstić information content (AvgIpc) is 3.20. The van der Waals surface area contributed by atoms with E-state index in [4.69, 9.17) is 9.73 Å². The summed E-state index contributed by atoms with van der Waals surface area (Å²) in [7, 11) is 1.69. The van der Waals surface area contributed by atoms with Gasteiger partial charge in [-0.15, -0.1) is 35.3 Å². The molecule has 1 unspecified atom stereocenters. The molecule has 3 rings (SSSR count). The summed E-state index contributed by atoms with van der Waals surface area (Å²) in [6.45, 7) is 5.22. The highest BCUT2D eigenvalue weighted by atomic mass is 127. The number of nitrogens with one attached hydrogen (secondary N) is 1. The maximum atomic E-state index is 5.11. The van der Waals surface area contributed by atoms with Gasteiger partial charge in [-0.2, -0.15) is 0 Å². The number of hydrogen-bond acceptors (Lipinski definition) is 4. The molecular formula is C17H23IN4OS. The van der Waals surface area contributed by atoms with E-state index in [1.165, 1.54) is 5.56 Å². The molecule has 130 valence electrons. The van der Waals surface area contributed by atoms with Crippen LogP contribution in [0.4, 0.5) is 0 Å². The number of ether oxygens (including phenoxy) is 1. The van der Waals surface area contributed by atoms with Crippen molar-refractivity contribution in [2.75, 3.05) is 20.2 Å². The van der Waals surface area contributed by atoms with Crippen molar-refractivity contribution in [2.45, 2.75) is 26.1 Å². The van der Waals surface area contributed by atoms with E-state index in [1.54, 1.807) is 18.4 Å². The van der Waals surface area contributed by atoms with Gasteiger partial charge >= 0.3 is 0 Å². The Labute approximate surface area is 164 Å². The summed E-state index contributed by atoms with van der Waals surface area (Å²) in [6, 6.07) is 10.8. The maximum absolute atomic E-state index is 5.11. The normalized spacial score (nSPS) is 18.5. The van der Waals surface area contributed by atoms with Crippen molar-refractivity contribution in [1.82, 2.24) is 15.2 Å². The quantitative estimate of drug-likeness (QED) is 0.675. The number of aliphatic imine (C=N–C) groups is 1. The summed E-state index contributed by atoms with van der Waals surface area (Å²) >= 11 is 1.62. The van der Waals surface area contributed by atoms with E-state index in [-0.39, 0.29) is 24.0 Å². The highest BCUT2D eigenvalue weighted by molar-refractivity contribution is 14.0. The average molecular weight is 458 g/mol. The van der Waals surface area contributed by atoms with Crippen LogP contribution in [0.15, 0.2) is 40.7 Å². The molecule has 1 aromatic carbocycles. The van der Waals surface area contributed by atoms with Crippen LogP contribution in [0.5, 0.6) is 0 Å². The SMILES string of the molecule is CCN1CC(c2ccccc2)NC1=NCc1csc(COC)n1.I. The van der Waals surface area contributed by atoms with Gasteiger partial charge in [0.25, 0.3) is 0 Å². The number of guanidine groups is 1. The van der Waals surface area contributed by atoms with E-state index in [2.05, 4.69) is 51.8 Å². The summed E-state index contributed by atoms with van der Waals surface area (Å²) in [5.74, 6) is 0.961. The number of hydrogen-bond donors (Lipinski definition) is 1. The second-order valence-corrected chi connectivity index (χ2v) is 6.39. The summed E-state index contributed by atoms with van der Waals surface area (Å²) in [4.78, 5) is 11.5. The van der Waals surface area contributed by atoms with Crippen molar-refractivity contribution >= 4 is 41.3 Å². The van der Waals surface area contributed by atoms with Crippen LogP contribution >= 0.6 is 35.3 Å². The molecule has 1 N–H and O–H groups in total. The Bertz CT molecular complexity index is 662. The highest BCUT2D eigenvalue weighted by Gasteiger charge is 2.26. The van der Waals surface area contributed by atoms with Crippen molar-refractivity contribution in [3.63, 3.8) is 0 Å². The van der Waals surface area contributed by atoms with Gasteiger partial charge in [0.05, 0.1) is 24.9 Å². The lowest BCUT2D eigenvalue weighted by atomic mass is 10.1. The smallest absolute Gasteiger partial charge is 0.194 e. The molecule has 1 atom stereocenters. The minimum absolute atomic E-state index is 0. The molecule has 7 heteroatoms. The molecule has 0 saturated carbocycles. The lowest BCUT2D eigenvalue weighted by molar-refractivity contribution is 0.184. The molecule has 0 spiro atoms. The van der Waals surface area contributed by atoms with Gasteiger partial charge in [0.15, 0.2) is 5.96 Å². The Morgan fingerprint density at radius 2 is 2.17 bits per heavy atom. The largest absolute Gasteiger partial charge is 0.378 e. The van der Waals surface area contributed by atoms with Crippen LogP contribution in [-0.2, 0) is 17.9 Å². The number of rotatable bonds is 6. The Morgan fingerprint density at radius 3 is 2.88 bits per heavy atom. The van der Waals surface area contributed by atoms with Gasteiger partial charge in [0.1, 0.15) is 5.01 Å². The van der Waals surface area contributed by atoms with Crippen molar-refractivity contribution in [3.05, 3.63) is 52.0 Å². The Morgan fingerprint density at radius 1 is 1.38 bits per heavy atom. The van der Waals surface area contributed by atoms with Crippen LogP contribution in [-0.4, -0.2) is 36.0 Å². The summed E-state index contributed by atoms with van der Waals surface area (Å²) in [5, 5.41) is 6.59. The van der Waals surface area contributed by atoms with E-state index in [9.17, 15) is 0 Å². The zero-order chi connectivity index (χ0) is 16.1.